The van der Waals surface area contributed by atoms with E-state index in [1.807, 2.05) is 36.6 Å². The van der Waals surface area contributed by atoms with Crippen LogP contribution in [0.15, 0.2) is 30.3 Å². The zero-order chi connectivity index (χ0) is 30.1. The Labute approximate surface area is 241 Å². The van der Waals surface area contributed by atoms with E-state index in [-0.39, 0.29) is 31.9 Å². The minimum atomic E-state index is -1.06. The number of hydrogen-bond donors (Lipinski definition) is 3. The number of thioether (sulfide) groups is 1. The summed E-state index contributed by atoms with van der Waals surface area (Å²) in [5.74, 6) is -1.29. The van der Waals surface area contributed by atoms with Crippen LogP contribution in [0, 0.1) is 0 Å². The lowest BCUT2D eigenvalue weighted by Gasteiger charge is -2.31. The molecular formula is C28H44N4O7S. The molecule has 224 valence electrons. The number of ether oxygens (including phenoxy) is 2. The monoisotopic (exact) mass is 580 g/mol. The lowest BCUT2D eigenvalue weighted by atomic mass is 10.0. The lowest BCUT2D eigenvalue weighted by molar-refractivity contribution is -0.141. The first-order chi connectivity index (χ1) is 18.9. The number of carbonyl (C=O) groups is 5. The molecule has 4 N–H and O–H groups in total. The molecule has 0 radical (unpaired) electrons. The number of benzene rings is 1. The minimum absolute atomic E-state index is 0.130. The van der Waals surface area contributed by atoms with E-state index < -0.39 is 41.5 Å². The third-order valence-corrected chi connectivity index (χ3v) is 6.43. The van der Waals surface area contributed by atoms with Gasteiger partial charge in [-0.3, -0.25) is 24.5 Å². The number of nitrogens with zero attached hydrogens (tertiary/aromatic N) is 1. The number of unbranched alkanes of at least 4 members (excludes halogenated alkanes) is 2. The van der Waals surface area contributed by atoms with Crippen LogP contribution in [0.3, 0.4) is 0 Å². The Bertz CT molecular complexity index is 969. The van der Waals surface area contributed by atoms with Gasteiger partial charge in [0.25, 0.3) is 5.91 Å². The molecule has 0 aromatic heterocycles. The number of methoxy groups -OCH3 is 1. The number of nitrogens with two attached hydrogens (primary N) is 1. The van der Waals surface area contributed by atoms with Crippen molar-refractivity contribution in [1.29, 1.82) is 0 Å². The Morgan fingerprint density at radius 1 is 1.02 bits per heavy atom. The third kappa shape index (κ3) is 14.3. The zero-order valence-electron chi connectivity index (χ0n) is 24.2. The Balaban J connectivity index is 3.14. The second-order valence-corrected chi connectivity index (χ2v) is 11.3. The van der Waals surface area contributed by atoms with Crippen LogP contribution in [0.25, 0.3) is 0 Å². The van der Waals surface area contributed by atoms with Gasteiger partial charge in [-0.1, -0.05) is 36.8 Å². The molecule has 4 amide bonds. The van der Waals surface area contributed by atoms with Gasteiger partial charge in [0.05, 0.1) is 19.7 Å². The van der Waals surface area contributed by atoms with Crippen molar-refractivity contribution >= 4 is 41.5 Å². The Morgan fingerprint density at radius 2 is 1.70 bits per heavy atom. The fourth-order valence-electron chi connectivity index (χ4n) is 3.73. The smallest absolute Gasteiger partial charge is 0.414 e. The lowest BCUT2D eigenvalue weighted by Crippen LogP contribution is -2.55. The Kier molecular flexibility index (Phi) is 15.9. The Hall–Kier alpha value is -3.12. The summed E-state index contributed by atoms with van der Waals surface area (Å²) in [7, 11) is 1.32. The summed E-state index contributed by atoms with van der Waals surface area (Å²) in [4.78, 5) is 64.5. The van der Waals surface area contributed by atoms with Crippen molar-refractivity contribution in [3.05, 3.63) is 35.9 Å². The van der Waals surface area contributed by atoms with Gasteiger partial charge >= 0.3 is 12.1 Å². The molecule has 0 saturated heterocycles. The van der Waals surface area contributed by atoms with Crippen LogP contribution in [0.4, 0.5) is 4.79 Å². The van der Waals surface area contributed by atoms with Crippen molar-refractivity contribution in [2.45, 2.75) is 77.0 Å². The van der Waals surface area contributed by atoms with Gasteiger partial charge in [0.2, 0.25) is 11.8 Å². The SMILES string of the molecule is COC(=O)CCCCCN(C(=O)CNC(=O)[C@H](N)CCSC)[C@@H](Cc1ccccc1)C(=O)NC(=O)OC(C)(C)C. The predicted molar refractivity (Wildman–Crippen MR) is 154 cm³/mol. The molecule has 1 aromatic carbocycles. The van der Waals surface area contributed by atoms with Crippen LogP contribution in [-0.4, -0.2) is 84.6 Å². The molecule has 0 aliphatic heterocycles. The molecule has 0 spiro atoms. The maximum Gasteiger partial charge on any atom is 0.414 e. The van der Waals surface area contributed by atoms with Gasteiger partial charge in [0.1, 0.15) is 11.6 Å². The van der Waals surface area contributed by atoms with Crippen LogP contribution < -0.4 is 16.4 Å². The Morgan fingerprint density at radius 3 is 2.30 bits per heavy atom. The number of imide groups is 1. The fraction of sp³-hybridized carbons (Fsp3) is 0.607. The van der Waals surface area contributed by atoms with E-state index in [1.165, 1.54) is 12.0 Å². The molecule has 11 nitrogen and oxygen atoms in total. The highest BCUT2D eigenvalue weighted by atomic mass is 32.2. The highest BCUT2D eigenvalue weighted by molar-refractivity contribution is 7.98. The molecule has 0 aliphatic carbocycles. The van der Waals surface area contributed by atoms with Crippen LogP contribution in [-0.2, 0) is 35.1 Å². The van der Waals surface area contributed by atoms with Crippen LogP contribution in [0.2, 0.25) is 0 Å². The van der Waals surface area contributed by atoms with Gasteiger partial charge in [-0.2, -0.15) is 11.8 Å². The van der Waals surface area contributed by atoms with Gasteiger partial charge in [-0.05, 0) is 57.6 Å². The highest BCUT2D eigenvalue weighted by Crippen LogP contribution is 2.14. The maximum absolute atomic E-state index is 13.4. The van der Waals surface area contributed by atoms with Gasteiger partial charge < -0.3 is 25.4 Å². The van der Waals surface area contributed by atoms with E-state index in [4.69, 9.17) is 10.5 Å². The number of rotatable bonds is 16. The van der Waals surface area contributed by atoms with Crippen molar-refractivity contribution in [3.8, 4) is 0 Å². The first-order valence-electron chi connectivity index (χ1n) is 13.3. The molecule has 0 bridgehead atoms. The number of nitrogens with one attached hydrogen (secondary N) is 2. The molecule has 0 unspecified atom stereocenters. The first-order valence-corrected chi connectivity index (χ1v) is 14.7. The molecule has 0 fully saturated rings. The molecule has 1 rings (SSSR count). The summed E-state index contributed by atoms with van der Waals surface area (Å²) in [6.07, 6.45) is 3.43. The van der Waals surface area contributed by atoms with E-state index in [0.29, 0.717) is 31.4 Å². The molecule has 0 aliphatic rings. The van der Waals surface area contributed by atoms with Gasteiger partial charge in [0.15, 0.2) is 0 Å². The number of carbonyl (C=O) groups excluding carboxylic acids is 5. The minimum Gasteiger partial charge on any atom is -0.469 e. The number of alkyl carbamates (subject to hydrolysis) is 1. The van der Waals surface area contributed by atoms with Crippen LogP contribution in [0.1, 0.15) is 58.4 Å². The van der Waals surface area contributed by atoms with E-state index in [1.54, 1.807) is 32.5 Å². The molecule has 2 atom stereocenters. The molecule has 12 heteroatoms. The average molecular weight is 581 g/mol. The van der Waals surface area contributed by atoms with Crippen LogP contribution >= 0.6 is 11.8 Å². The van der Waals surface area contributed by atoms with Gasteiger partial charge in [0, 0.05) is 19.4 Å². The molecule has 0 saturated carbocycles. The maximum atomic E-state index is 13.4. The fourth-order valence-corrected chi connectivity index (χ4v) is 4.21. The molecule has 1 aromatic rings. The second-order valence-electron chi connectivity index (χ2n) is 10.3. The summed E-state index contributed by atoms with van der Waals surface area (Å²) in [5.41, 5.74) is 5.88. The molecule has 0 heterocycles. The van der Waals surface area contributed by atoms with Gasteiger partial charge in [-0.15, -0.1) is 0 Å². The van der Waals surface area contributed by atoms with Crippen molar-refractivity contribution in [1.82, 2.24) is 15.5 Å². The summed E-state index contributed by atoms with van der Waals surface area (Å²) < 4.78 is 9.91. The van der Waals surface area contributed by atoms with E-state index in [2.05, 4.69) is 15.4 Å². The third-order valence-electron chi connectivity index (χ3n) is 5.79. The van der Waals surface area contributed by atoms with E-state index in [0.717, 1.165) is 5.56 Å². The summed E-state index contributed by atoms with van der Waals surface area (Å²) in [5, 5.41) is 4.83. The number of esters is 1. The number of hydrogen-bond acceptors (Lipinski definition) is 9. The average Bonchev–Trinajstić information content (AvgIpc) is 2.90. The topological polar surface area (TPSA) is 157 Å². The van der Waals surface area contributed by atoms with Crippen molar-refractivity contribution in [3.63, 3.8) is 0 Å². The highest BCUT2D eigenvalue weighted by Gasteiger charge is 2.32. The zero-order valence-corrected chi connectivity index (χ0v) is 25.0. The molecule has 40 heavy (non-hydrogen) atoms. The summed E-state index contributed by atoms with van der Waals surface area (Å²) in [6.45, 7) is 4.83. The first kappa shape index (κ1) is 34.9. The standard InChI is InChI=1S/C28H44N4O7S/c1-28(2,3)39-27(37)31-26(36)22(18-20-12-8-6-9-13-20)32(16-11-7-10-14-24(34)38-4)23(33)19-30-25(35)21(29)15-17-40-5/h6,8-9,12-13,21-22H,7,10-11,14-19,29H2,1-5H3,(H,30,35)(H,31,36,37)/t21-,22+/m1/s1. The summed E-state index contributed by atoms with van der Waals surface area (Å²) >= 11 is 1.56. The second kappa shape index (κ2) is 18.3. The van der Waals surface area contributed by atoms with Crippen LogP contribution in [0.5, 0.6) is 0 Å². The van der Waals surface area contributed by atoms with E-state index >= 15 is 0 Å². The largest absolute Gasteiger partial charge is 0.469 e. The normalized spacial score (nSPS) is 12.6. The summed E-state index contributed by atoms with van der Waals surface area (Å²) in [6, 6.07) is 7.27. The predicted octanol–water partition coefficient (Wildman–Crippen LogP) is 2.41. The molecular weight excluding hydrogens is 536 g/mol. The van der Waals surface area contributed by atoms with Gasteiger partial charge in [-0.25, -0.2) is 4.79 Å². The number of amides is 4. The van der Waals surface area contributed by atoms with Crippen molar-refractivity contribution in [2.24, 2.45) is 5.73 Å². The van der Waals surface area contributed by atoms with Crippen molar-refractivity contribution in [2.75, 3.05) is 32.2 Å². The quantitative estimate of drug-likeness (QED) is 0.197. The van der Waals surface area contributed by atoms with E-state index in [9.17, 15) is 24.0 Å². The van der Waals surface area contributed by atoms with Crippen molar-refractivity contribution < 1.29 is 33.4 Å².